The lowest BCUT2D eigenvalue weighted by molar-refractivity contribution is -0.168. The van der Waals surface area contributed by atoms with Crippen molar-refractivity contribution in [1.82, 2.24) is 0 Å². The van der Waals surface area contributed by atoms with Gasteiger partial charge in [0.1, 0.15) is 5.54 Å². The lowest BCUT2D eigenvalue weighted by atomic mass is 9.54. The van der Waals surface area contributed by atoms with Gasteiger partial charge in [-0.1, -0.05) is 31.5 Å². The van der Waals surface area contributed by atoms with E-state index in [2.05, 4.69) is 0 Å². The number of rotatable bonds is 3. The summed E-state index contributed by atoms with van der Waals surface area (Å²) < 4.78 is 5.72. The summed E-state index contributed by atoms with van der Waals surface area (Å²) in [5.74, 6) is -0.0190. The maximum atomic E-state index is 13.1. The number of carbonyl (C=O) groups is 1. The number of anilines is 1. The fraction of sp³-hybridized carbons (Fsp3) is 0.588. The van der Waals surface area contributed by atoms with Crippen molar-refractivity contribution in [3.63, 3.8) is 0 Å². The fourth-order valence-electron chi connectivity index (χ4n) is 3.64. The molecule has 1 aliphatic heterocycles. The van der Waals surface area contributed by atoms with Crippen LogP contribution in [0.5, 0.6) is 0 Å². The van der Waals surface area contributed by atoms with Gasteiger partial charge in [0.05, 0.1) is 6.10 Å². The number of ether oxygens (including phenoxy) is 1. The molecule has 0 bridgehead atoms. The van der Waals surface area contributed by atoms with Crippen LogP contribution in [0.4, 0.5) is 5.69 Å². The summed E-state index contributed by atoms with van der Waals surface area (Å²) in [5.41, 5.74) is 7.21. The molecule has 0 saturated heterocycles. The van der Waals surface area contributed by atoms with Gasteiger partial charge in [0.15, 0.2) is 0 Å². The van der Waals surface area contributed by atoms with E-state index in [4.69, 9.17) is 22.1 Å². The van der Waals surface area contributed by atoms with Gasteiger partial charge >= 0.3 is 0 Å². The van der Waals surface area contributed by atoms with Gasteiger partial charge in [-0.2, -0.15) is 0 Å². The van der Waals surface area contributed by atoms with Crippen molar-refractivity contribution in [3.05, 3.63) is 28.8 Å². The van der Waals surface area contributed by atoms with E-state index in [1.165, 1.54) is 0 Å². The Hall–Kier alpha value is -1.10. The van der Waals surface area contributed by atoms with Crippen molar-refractivity contribution in [3.8, 4) is 0 Å². The number of nitrogens with two attached hydrogens (primary N) is 1. The average molecular weight is 323 g/mol. The Balaban J connectivity index is 1.87. The summed E-state index contributed by atoms with van der Waals surface area (Å²) >= 11 is 6.23. The van der Waals surface area contributed by atoms with Gasteiger partial charge in [-0.3, -0.25) is 4.79 Å². The summed E-state index contributed by atoms with van der Waals surface area (Å²) in [4.78, 5) is 14.9. The predicted molar refractivity (Wildman–Crippen MR) is 88.2 cm³/mol. The Bertz CT molecular complexity index is 617. The second-order valence-electron chi connectivity index (χ2n) is 6.79. The molecule has 3 rings (SSSR count). The first-order valence-electron chi connectivity index (χ1n) is 7.82. The Morgan fingerprint density at radius 2 is 2.23 bits per heavy atom. The number of halogens is 1. The monoisotopic (exact) mass is 322 g/mol. The first-order valence-corrected chi connectivity index (χ1v) is 8.20. The molecule has 2 aliphatic rings. The molecule has 1 aromatic rings. The SMILES string of the molecule is CCOC1CC(N)(C(=O)N2CCc3c(Cl)cccc32)C1(C)C. The van der Waals surface area contributed by atoms with E-state index in [1.807, 2.05) is 39.0 Å². The maximum Gasteiger partial charge on any atom is 0.247 e. The molecule has 22 heavy (non-hydrogen) atoms. The van der Waals surface area contributed by atoms with Gasteiger partial charge in [0.25, 0.3) is 0 Å². The van der Waals surface area contributed by atoms with Crippen LogP contribution in [-0.2, 0) is 16.0 Å². The van der Waals surface area contributed by atoms with E-state index < -0.39 is 5.54 Å². The van der Waals surface area contributed by atoms with Gasteiger partial charge in [0, 0.05) is 35.7 Å². The normalized spacial score (nSPS) is 29.1. The van der Waals surface area contributed by atoms with Crippen LogP contribution in [0.25, 0.3) is 0 Å². The molecule has 0 aromatic heterocycles. The molecule has 1 aromatic carbocycles. The molecule has 0 radical (unpaired) electrons. The van der Waals surface area contributed by atoms with Crippen molar-refractivity contribution < 1.29 is 9.53 Å². The zero-order valence-corrected chi connectivity index (χ0v) is 14.1. The van der Waals surface area contributed by atoms with E-state index in [9.17, 15) is 4.79 Å². The van der Waals surface area contributed by atoms with Crippen molar-refractivity contribution in [2.24, 2.45) is 11.1 Å². The molecule has 2 unspecified atom stereocenters. The molecule has 0 spiro atoms. The van der Waals surface area contributed by atoms with Gasteiger partial charge in [0.2, 0.25) is 5.91 Å². The lowest BCUT2D eigenvalue weighted by Gasteiger charge is -2.58. The molecule has 5 heteroatoms. The molecule has 1 amide bonds. The van der Waals surface area contributed by atoms with Crippen molar-refractivity contribution >= 4 is 23.2 Å². The third-order valence-corrected chi connectivity index (χ3v) is 5.78. The highest BCUT2D eigenvalue weighted by atomic mass is 35.5. The number of hydrogen-bond acceptors (Lipinski definition) is 3. The van der Waals surface area contributed by atoms with Crippen molar-refractivity contribution in [2.45, 2.75) is 45.3 Å². The summed E-state index contributed by atoms with van der Waals surface area (Å²) in [6.45, 7) is 7.28. The van der Waals surface area contributed by atoms with E-state index in [0.717, 1.165) is 22.7 Å². The van der Waals surface area contributed by atoms with Crippen LogP contribution in [0, 0.1) is 5.41 Å². The van der Waals surface area contributed by atoms with Crippen LogP contribution in [0.2, 0.25) is 5.02 Å². The van der Waals surface area contributed by atoms with Gasteiger partial charge in [-0.15, -0.1) is 0 Å². The molecule has 120 valence electrons. The molecular formula is C17H23ClN2O2. The first-order chi connectivity index (χ1) is 10.3. The fourth-order valence-corrected chi connectivity index (χ4v) is 3.91. The molecule has 2 N–H and O–H groups in total. The lowest BCUT2D eigenvalue weighted by Crippen LogP contribution is -2.76. The molecule has 1 aliphatic carbocycles. The molecule has 2 atom stereocenters. The Morgan fingerprint density at radius 1 is 1.50 bits per heavy atom. The minimum absolute atomic E-state index is 0.0190. The number of amides is 1. The van der Waals surface area contributed by atoms with E-state index in [0.29, 0.717) is 19.6 Å². The number of nitrogens with zero attached hydrogens (tertiary/aromatic N) is 1. The largest absolute Gasteiger partial charge is 0.378 e. The minimum atomic E-state index is -0.878. The minimum Gasteiger partial charge on any atom is -0.378 e. The van der Waals surface area contributed by atoms with Crippen LogP contribution >= 0.6 is 11.6 Å². The topological polar surface area (TPSA) is 55.6 Å². The van der Waals surface area contributed by atoms with E-state index in [-0.39, 0.29) is 17.4 Å². The highest BCUT2D eigenvalue weighted by Gasteiger charge is 2.64. The first kappa shape index (κ1) is 15.8. The Morgan fingerprint density at radius 3 is 2.86 bits per heavy atom. The Labute approximate surface area is 136 Å². The number of carbonyl (C=O) groups excluding carboxylic acids is 1. The highest BCUT2D eigenvalue weighted by Crippen LogP contribution is 2.51. The predicted octanol–water partition coefficient (Wildman–Crippen LogP) is 2.76. The Kier molecular flexibility index (Phi) is 3.75. The van der Waals surface area contributed by atoms with Crippen molar-refractivity contribution in [2.75, 3.05) is 18.1 Å². The summed E-state index contributed by atoms with van der Waals surface area (Å²) in [6.07, 6.45) is 1.39. The van der Waals surface area contributed by atoms with Gasteiger partial charge in [-0.05, 0) is 31.0 Å². The quantitative estimate of drug-likeness (QED) is 0.931. The summed E-state index contributed by atoms with van der Waals surface area (Å²) in [7, 11) is 0. The van der Waals surface area contributed by atoms with E-state index >= 15 is 0 Å². The third-order valence-electron chi connectivity index (χ3n) is 5.43. The van der Waals surface area contributed by atoms with Crippen LogP contribution in [0.1, 0.15) is 32.8 Å². The van der Waals surface area contributed by atoms with Gasteiger partial charge < -0.3 is 15.4 Å². The smallest absolute Gasteiger partial charge is 0.247 e. The van der Waals surface area contributed by atoms with Crippen LogP contribution in [0.3, 0.4) is 0 Å². The van der Waals surface area contributed by atoms with E-state index in [1.54, 1.807) is 4.90 Å². The second-order valence-corrected chi connectivity index (χ2v) is 7.19. The molecule has 1 fully saturated rings. The summed E-state index contributed by atoms with van der Waals surface area (Å²) in [6, 6.07) is 5.69. The molecular weight excluding hydrogens is 300 g/mol. The molecule has 1 saturated carbocycles. The number of fused-ring (bicyclic) bond motifs is 1. The summed E-state index contributed by atoms with van der Waals surface area (Å²) in [5, 5.41) is 0.721. The average Bonchev–Trinajstić information content (AvgIpc) is 2.91. The third kappa shape index (κ3) is 2.01. The zero-order chi connectivity index (χ0) is 16.1. The number of hydrogen-bond donors (Lipinski definition) is 1. The van der Waals surface area contributed by atoms with Gasteiger partial charge in [-0.25, -0.2) is 0 Å². The highest BCUT2D eigenvalue weighted by molar-refractivity contribution is 6.32. The second kappa shape index (κ2) is 5.22. The van der Waals surface area contributed by atoms with Crippen LogP contribution in [0.15, 0.2) is 18.2 Å². The molecule has 1 heterocycles. The van der Waals surface area contributed by atoms with Crippen LogP contribution < -0.4 is 10.6 Å². The number of benzene rings is 1. The molecule has 4 nitrogen and oxygen atoms in total. The zero-order valence-electron chi connectivity index (χ0n) is 13.4. The van der Waals surface area contributed by atoms with Crippen molar-refractivity contribution in [1.29, 1.82) is 0 Å². The van der Waals surface area contributed by atoms with Crippen LogP contribution in [-0.4, -0.2) is 30.7 Å². The maximum absolute atomic E-state index is 13.1. The standard InChI is InChI=1S/C17H23ClN2O2/c1-4-22-14-10-17(19,16(14,2)3)15(21)20-9-8-11-12(18)6-5-7-13(11)20/h5-7,14H,4,8-10,19H2,1-3H3.